The molecule has 0 aromatic carbocycles. The Bertz CT molecular complexity index is 428. The largest absolute Gasteiger partial charge is 0.369 e. The molecule has 1 saturated carbocycles. The molecule has 0 bridgehead atoms. The van der Waals surface area contributed by atoms with Crippen molar-refractivity contribution < 1.29 is 13.5 Å². The fraction of sp³-hybridized carbons (Fsp3) is 0.714. The Morgan fingerprint density at radius 2 is 2.00 bits per heavy atom. The number of alkyl halides is 2. The monoisotopic (exact) mass is 270 g/mol. The second kappa shape index (κ2) is 5.90. The minimum Gasteiger partial charge on any atom is -0.369 e. The number of aromatic nitrogens is 2. The Kier molecular flexibility index (Phi) is 4.45. The molecule has 0 atom stereocenters. The number of rotatable bonds is 7. The molecule has 1 aliphatic rings. The Morgan fingerprint density at radius 1 is 1.32 bits per heavy atom. The van der Waals surface area contributed by atoms with Gasteiger partial charge in [0, 0.05) is 12.6 Å². The first-order chi connectivity index (χ1) is 8.92. The van der Waals surface area contributed by atoms with E-state index in [9.17, 15) is 8.78 Å². The lowest BCUT2D eigenvalue weighted by molar-refractivity contribution is -0.0679. The lowest BCUT2D eigenvalue weighted by Crippen LogP contribution is -2.18. The van der Waals surface area contributed by atoms with Crippen LogP contribution in [0.2, 0.25) is 0 Å². The summed E-state index contributed by atoms with van der Waals surface area (Å²) in [5.41, 5.74) is 1.67. The highest BCUT2D eigenvalue weighted by atomic mass is 19.3. The van der Waals surface area contributed by atoms with E-state index < -0.39 is 12.5 Å². The second-order valence-electron chi connectivity index (χ2n) is 5.44. The molecule has 1 aromatic rings. The molecule has 0 N–H and O–H groups in total. The summed E-state index contributed by atoms with van der Waals surface area (Å²) in [6.45, 7) is 2.20. The van der Waals surface area contributed by atoms with E-state index in [0.717, 1.165) is 31.4 Å². The molecule has 0 unspecified atom stereocenters. The maximum absolute atomic E-state index is 12.6. The van der Waals surface area contributed by atoms with Crippen molar-refractivity contribution in [2.24, 2.45) is 5.92 Å². The zero-order valence-corrected chi connectivity index (χ0v) is 11.5. The first-order valence-corrected chi connectivity index (χ1v) is 6.71. The zero-order chi connectivity index (χ0) is 13.9. The van der Waals surface area contributed by atoms with Crippen molar-refractivity contribution in [2.75, 3.05) is 6.61 Å². The van der Waals surface area contributed by atoms with Gasteiger partial charge < -0.3 is 4.74 Å². The van der Waals surface area contributed by atoms with Crippen molar-refractivity contribution >= 4 is 0 Å². The van der Waals surface area contributed by atoms with E-state index >= 15 is 0 Å². The van der Waals surface area contributed by atoms with Gasteiger partial charge in [0.1, 0.15) is 12.4 Å². The van der Waals surface area contributed by atoms with Gasteiger partial charge in [0.15, 0.2) is 0 Å². The maximum Gasteiger partial charge on any atom is 0.268 e. The fourth-order valence-electron chi connectivity index (χ4n) is 1.99. The molecule has 1 aliphatic carbocycles. The van der Waals surface area contributed by atoms with Crippen molar-refractivity contribution in [3.8, 4) is 0 Å². The van der Waals surface area contributed by atoms with Gasteiger partial charge in [0.2, 0.25) is 0 Å². The van der Waals surface area contributed by atoms with E-state index in [1.54, 1.807) is 0 Å². The van der Waals surface area contributed by atoms with Gasteiger partial charge in [-0.3, -0.25) is 0 Å². The second-order valence-corrected chi connectivity index (χ2v) is 5.44. The third-order valence-corrected chi connectivity index (χ3v) is 3.06. The molecule has 3 nitrogen and oxygen atoms in total. The normalized spacial score (nSPS) is 15.8. The molecule has 0 amide bonds. The Balaban J connectivity index is 1.87. The Hall–Kier alpha value is -1.10. The Labute approximate surface area is 112 Å². The SMILES string of the molecule is Cc1nc(CCC2CC2)cc(COCC(C)(F)F)n1. The molecular formula is C14H20F2N2O. The van der Waals surface area contributed by atoms with Crippen LogP contribution in [0.15, 0.2) is 6.07 Å². The first kappa shape index (κ1) is 14.3. The minimum absolute atomic E-state index is 0.114. The summed E-state index contributed by atoms with van der Waals surface area (Å²) >= 11 is 0. The summed E-state index contributed by atoms with van der Waals surface area (Å²) < 4.78 is 30.3. The van der Waals surface area contributed by atoms with Gasteiger partial charge in [0.05, 0.1) is 12.3 Å². The standard InChI is InChI=1S/C14H20F2N2O/c1-10-17-12(6-5-11-3-4-11)7-13(18-10)8-19-9-14(2,15)16/h7,11H,3-6,8-9H2,1-2H3. The average molecular weight is 270 g/mol. The van der Waals surface area contributed by atoms with Crippen LogP contribution in [0, 0.1) is 12.8 Å². The number of aryl methyl sites for hydroxylation is 2. The molecule has 1 aromatic heterocycles. The summed E-state index contributed by atoms with van der Waals surface area (Å²) in [5, 5.41) is 0. The van der Waals surface area contributed by atoms with Crippen LogP contribution in [0.1, 0.15) is 43.4 Å². The highest BCUT2D eigenvalue weighted by Crippen LogP contribution is 2.33. The maximum atomic E-state index is 12.6. The lowest BCUT2D eigenvalue weighted by atomic mass is 10.1. The highest BCUT2D eigenvalue weighted by molar-refractivity contribution is 5.11. The van der Waals surface area contributed by atoms with Crippen LogP contribution < -0.4 is 0 Å². The van der Waals surface area contributed by atoms with E-state index in [1.807, 2.05) is 13.0 Å². The molecule has 106 valence electrons. The van der Waals surface area contributed by atoms with Crippen LogP contribution in [0.25, 0.3) is 0 Å². The van der Waals surface area contributed by atoms with E-state index in [-0.39, 0.29) is 6.61 Å². The van der Waals surface area contributed by atoms with Crippen molar-refractivity contribution in [1.29, 1.82) is 0 Å². The van der Waals surface area contributed by atoms with Gasteiger partial charge >= 0.3 is 0 Å². The quantitative estimate of drug-likeness (QED) is 0.762. The fourth-order valence-corrected chi connectivity index (χ4v) is 1.99. The highest BCUT2D eigenvalue weighted by Gasteiger charge is 2.22. The van der Waals surface area contributed by atoms with Gasteiger partial charge in [-0.15, -0.1) is 0 Å². The molecule has 0 aliphatic heterocycles. The average Bonchev–Trinajstić information content (AvgIpc) is 3.07. The van der Waals surface area contributed by atoms with Gasteiger partial charge in [-0.05, 0) is 31.7 Å². The lowest BCUT2D eigenvalue weighted by Gasteiger charge is -2.11. The topological polar surface area (TPSA) is 35.0 Å². The van der Waals surface area contributed by atoms with Crippen molar-refractivity contribution in [2.45, 2.75) is 52.1 Å². The Morgan fingerprint density at radius 3 is 2.63 bits per heavy atom. The van der Waals surface area contributed by atoms with Crippen molar-refractivity contribution in [3.63, 3.8) is 0 Å². The van der Waals surface area contributed by atoms with Crippen LogP contribution in [0.5, 0.6) is 0 Å². The number of hydrogen-bond donors (Lipinski definition) is 0. The summed E-state index contributed by atoms with van der Waals surface area (Å²) in [5.74, 6) is -1.26. The van der Waals surface area contributed by atoms with Crippen LogP contribution >= 0.6 is 0 Å². The molecule has 0 radical (unpaired) electrons. The number of ether oxygens (including phenoxy) is 1. The number of halogens is 2. The molecule has 2 rings (SSSR count). The number of hydrogen-bond acceptors (Lipinski definition) is 3. The molecule has 5 heteroatoms. The zero-order valence-electron chi connectivity index (χ0n) is 11.5. The summed E-state index contributed by atoms with van der Waals surface area (Å²) in [6.07, 6.45) is 4.74. The van der Waals surface area contributed by atoms with E-state index in [4.69, 9.17) is 4.74 Å². The summed E-state index contributed by atoms with van der Waals surface area (Å²) in [7, 11) is 0. The minimum atomic E-state index is -2.79. The third-order valence-electron chi connectivity index (χ3n) is 3.06. The molecule has 0 saturated heterocycles. The molecule has 0 spiro atoms. The van der Waals surface area contributed by atoms with Crippen LogP contribution in [-0.4, -0.2) is 22.5 Å². The molecule has 19 heavy (non-hydrogen) atoms. The van der Waals surface area contributed by atoms with E-state index in [0.29, 0.717) is 11.5 Å². The van der Waals surface area contributed by atoms with Crippen molar-refractivity contribution in [3.05, 3.63) is 23.3 Å². The van der Waals surface area contributed by atoms with Crippen LogP contribution in [-0.2, 0) is 17.8 Å². The molecule has 1 heterocycles. The van der Waals surface area contributed by atoms with Gasteiger partial charge in [-0.25, -0.2) is 18.7 Å². The molecule has 1 fully saturated rings. The van der Waals surface area contributed by atoms with Crippen LogP contribution in [0.4, 0.5) is 8.78 Å². The number of nitrogens with zero attached hydrogens (tertiary/aromatic N) is 2. The third kappa shape index (κ3) is 5.59. The van der Waals surface area contributed by atoms with Crippen LogP contribution in [0.3, 0.4) is 0 Å². The molecular weight excluding hydrogens is 250 g/mol. The van der Waals surface area contributed by atoms with Crippen molar-refractivity contribution in [1.82, 2.24) is 9.97 Å². The smallest absolute Gasteiger partial charge is 0.268 e. The van der Waals surface area contributed by atoms with Gasteiger partial charge in [0.25, 0.3) is 5.92 Å². The van der Waals surface area contributed by atoms with E-state index in [2.05, 4.69) is 9.97 Å². The predicted octanol–water partition coefficient (Wildman–Crippen LogP) is 3.30. The first-order valence-electron chi connectivity index (χ1n) is 6.71. The van der Waals surface area contributed by atoms with Gasteiger partial charge in [-0.1, -0.05) is 12.8 Å². The summed E-state index contributed by atoms with van der Waals surface area (Å²) in [4.78, 5) is 8.59. The van der Waals surface area contributed by atoms with E-state index in [1.165, 1.54) is 12.8 Å². The summed E-state index contributed by atoms with van der Waals surface area (Å²) in [6, 6.07) is 1.86. The predicted molar refractivity (Wildman–Crippen MR) is 68.1 cm³/mol. The van der Waals surface area contributed by atoms with Gasteiger partial charge in [-0.2, -0.15) is 0 Å².